The van der Waals surface area contributed by atoms with Gasteiger partial charge in [0.25, 0.3) is 5.91 Å². The molecule has 1 aromatic carbocycles. The Labute approximate surface area is 108 Å². The van der Waals surface area contributed by atoms with E-state index in [-0.39, 0.29) is 5.91 Å². The first kappa shape index (κ1) is 11.8. The Balaban J connectivity index is 2.08. The van der Waals surface area contributed by atoms with Crippen LogP contribution in [0.15, 0.2) is 48.7 Å². The summed E-state index contributed by atoms with van der Waals surface area (Å²) in [4.78, 5) is 15.8. The molecule has 0 aliphatic carbocycles. The molecule has 3 nitrogen and oxygen atoms in total. The highest BCUT2D eigenvalue weighted by molar-refractivity contribution is 9.08. The number of rotatable bonds is 3. The van der Waals surface area contributed by atoms with E-state index in [1.807, 2.05) is 24.3 Å². The number of carbonyl (C=O) groups excluding carboxylic acids is 1. The SMILES string of the molecule is O=C(Nc1ccc(CBr)cc1)c1ccccn1. The molecule has 0 saturated heterocycles. The molecule has 2 aromatic rings. The number of halogens is 1. The van der Waals surface area contributed by atoms with Crippen molar-refractivity contribution in [2.75, 3.05) is 5.32 Å². The average Bonchev–Trinajstić information content (AvgIpc) is 2.40. The van der Waals surface area contributed by atoms with Crippen LogP contribution in [0.3, 0.4) is 0 Å². The zero-order chi connectivity index (χ0) is 12.1. The smallest absolute Gasteiger partial charge is 0.274 e. The molecule has 0 radical (unpaired) electrons. The van der Waals surface area contributed by atoms with Crippen molar-refractivity contribution in [3.05, 3.63) is 59.9 Å². The number of pyridine rings is 1. The lowest BCUT2D eigenvalue weighted by molar-refractivity contribution is 0.102. The number of carbonyl (C=O) groups is 1. The van der Waals surface area contributed by atoms with Gasteiger partial charge in [-0.3, -0.25) is 9.78 Å². The van der Waals surface area contributed by atoms with E-state index in [4.69, 9.17) is 0 Å². The van der Waals surface area contributed by atoms with Gasteiger partial charge in [-0.1, -0.05) is 34.1 Å². The zero-order valence-electron chi connectivity index (χ0n) is 9.06. The fourth-order valence-corrected chi connectivity index (χ4v) is 1.74. The molecule has 0 bridgehead atoms. The number of nitrogens with one attached hydrogen (secondary N) is 1. The molecule has 86 valence electrons. The summed E-state index contributed by atoms with van der Waals surface area (Å²) in [7, 11) is 0. The number of benzene rings is 1. The average molecular weight is 291 g/mol. The third-order valence-electron chi connectivity index (χ3n) is 2.26. The van der Waals surface area contributed by atoms with Crippen LogP contribution in [0.4, 0.5) is 5.69 Å². The summed E-state index contributed by atoms with van der Waals surface area (Å²) in [6.07, 6.45) is 1.60. The van der Waals surface area contributed by atoms with E-state index in [1.54, 1.807) is 24.4 Å². The highest BCUT2D eigenvalue weighted by atomic mass is 79.9. The van der Waals surface area contributed by atoms with Crippen LogP contribution in [0.25, 0.3) is 0 Å². The Morgan fingerprint density at radius 1 is 1.18 bits per heavy atom. The molecule has 0 aliphatic heterocycles. The molecule has 0 unspecified atom stereocenters. The summed E-state index contributed by atoms with van der Waals surface area (Å²) in [5.41, 5.74) is 2.35. The third kappa shape index (κ3) is 3.14. The summed E-state index contributed by atoms with van der Waals surface area (Å²) >= 11 is 3.37. The Hall–Kier alpha value is -1.68. The molecule has 2 rings (SSSR count). The third-order valence-corrected chi connectivity index (χ3v) is 2.91. The van der Waals surface area contributed by atoms with E-state index in [0.29, 0.717) is 5.69 Å². The molecular weight excluding hydrogens is 280 g/mol. The van der Waals surface area contributed by atoms with Crippen LogP contribution in [0.2, 0.25) is 0 Å². The van der Waals surface area contributed by atoms with E-state index in [1.165, 1.54) is 5.56 Å². The maximum atomic E-state index is 11.8. The van der Waals surface area contributed by atoms with Crippen molar-refractivity contribution in [2.24, 2.45) is 0 Å². The monoisotopic (exact) mass is 290 g/mol. The lowest BCUT2D eigenvalue weighted by Gasteiger charge is -2.04. The second kappa shape index (κ2) is 5.59. The standard InChI is InChI=1S/C13H11BrN2O/c14-9-10-4-6-11(7-5-10)16-13(17)12-3-1-2-8-15-12/h1-8H,9H2,(H,16,17). The van der Waals surface area contributed by atoms with Crippen LogP contribution in [0.1, 0.15) is 16.1 Å². The molecule has 1 heterocycles. The second-order valence-corrected chi connectivity index (χ2v) is 4.06. The Morgan fingerprint density at radius 3 is 2.53 bits per heavy atom. The van der Waals surface area contributed by atoms with Crippen LogP contribution in [0.5, 0.6) is 0 Å². The summed E-state index contributed by atoms with van der Waals surface area (Å²) in [6, 6.07) is 12.9. The number of hydrogen-bond acceptors (Lipinski definition) is 2. The van der Waals surface area contributed by atoms with E-state index in [9.17, 15) is 4.79 Å². The van der Waals surface area contributed by atoms with Gasteiger partial charge in [0.05, 0.1) is 0 Å². The van der Waals surface area contributed by atoms with Gasteiger partial charge in [-0.25, -0.2) is 0 Å². The molecule has 17 heavy (non-hydrogen) atoms. The number of hydrogen-bond donors (Lipinski definition) is 1. The van der Waals surface area contributed by atoms with Gasteiger partial charge in [-0.05, 0) is 29.8 Å². The summed E-state index contributed by atoms with van der Waals surface area (Å²) in [5, 5.41) is 3.60. The summed E-state index contributed by atoms with van der Waals surface area (Å²) in [6.45, 7) is 0. The molecule has 0 aliphatic rings. The molecule has 0 saturated carbocycles. The van der Waals surface area contributed by atoms with Gasteiger partial charge in [0.15, 0.2) is 0 Å². The molecule has 1 amide bonds. The van der Waals surface area contributed by atoms with E-state index in [2.05, 4.69) is 26.2 Å². The number of aromatic nitrogens is 1. The lowest BCUT2D eigenvalue weighted by Crippen LogP contribution is -2.13. The molecule has 0 spiro atoms. The van der Waals surface area contributed by atoms with Crippen LogP contribution in [-0.4, -0.2) is 10.9 Å². The fraction of sp³-hybridized carbons (Fsp3) is 0.0769. The molecular formula is C13H11BrN2O. The predicted molar refractivity (Wildman–Crippen MR) is 71.3 cm³/mol. The Kier molecular flexibility index (Phi) is 3.88. The van der Waals surface area contributed by atoms with E-state index >= 15 is 0 Å². The van der Waals surface area contributed by atoms with Crippen molar-refractivity contribution in [3.63, 3.8) is 0 Å². The summed E-state index contributed by atoms with van der Waals surface area (Å²) < 4.78 is 0. The van der Waals surface area contributed by atoms with Gasteiger partial charge in [0.2, 0.25) is 0 Å². The minimum absolute atomic E-state index is 0.197. The first-order chi connectivity index (χ1) is 8.29. The maximum absolute atomic E-state index is 11.8. The minimum Gasteiger partial charge on any atom is -0.321 e. The van der Waals surface area contributed by atoms with Crippen LogP contribution in [-0.2, 0) is 5.33 Å². The van der Waals surface area contributed by atoms with Gasteiger partial charge in [-0.15, -0.1) is 0 Å². The second-order valence-electron chi connectivity index (χ2n) is 3.50. The lowest BCUT2D eigenvalue weighted by atomic mass is 10.2. The van der Waals surface area contributed by atoms with E-state index < -0.39 is 0 Å². The predicted octanol–water partition coefficient (Wildman–Crippen LogP) is 3.23. The number of anilines is 1. The molecule has 0 fully saturated rings. The maximum Gasteiger partial charge on any atom is 0.274 e. The fourth-order valence-electron chi connectivity index (χ4n) is 1.37. The number of amides is 1. The van der Waals surface area contributed by atoms with Gasteiger partial charge in [-0.2, -0.15) is 0 Å². The van der Waals surface area contributed by atoms with Crippen molar-refractivity contribution >= 4 is 27.5 Å². The highest BCUT2D eigenvalue weighted by Crippen LogP contribution is 2.12. The van der Waals surface area contributed by atoms with E-state index in [0.717, 1.165) is 11.0 Å². The van der Waals surface area contributed by atoms with Gasteiger partial charge in [0.1, 0.15) is 5.69 Å². The molecule has 1 aromatic heterocycles. The minimum atomic E-state index is -0.197. The van der Waals surface area contributed by atoms with Gasteiger partial charge in [0, 0.05) is 17.2 Å². The quantitative estimate of drug-likeness (QED) is 0.882. The molecule has 1 N–H and O–H groups in total. The summed E-state index contributed by atoms with van der Waals surface area (Å²) in [5.74, 6) is -0.197. The number of nitrogens with zero attached hydrogens (tertiary/aromatic N) is 1. The number of alkyl halides is 1. The molecule has 4 heteroatoms. The van der Waals surface area contributed by atoms with Crippen molar-refractivity contribution in [2.45, 2.75) is 5.33 Å². The largest absolute Gasteiger partial charge is 0.321 e. The Bertz CT molecular complexity index is 497. The van der Waals surface area contributed by atoms with Crippen LogP contribution < -0.4 is 5.32 Å². The van der Waals surface area contributed by atoms with Gasteiger partial charge >= 0.3 is 0 Å². The zero-order valence-corrected chi connectivity index (χ0v) is 10.6. The normalized spacial score (nSPS) is 9.94. The van der Waals surface area contributed by atoms with Crippen molar-refractivity contribution in [1.29, 1.82) is 0 Å². The first-order valence-corrected chi connectivity index (χ1v) is 6.29. The Morgan fingerprint density at radius 2 is 1.94 bits per heavy atom. The first-order valence-electron chi connectivity index (χ1n) is 5.17. The van der Waals surface area contributed by atoms with Crippen LogP contribution in [0, 0.1) is 0 Å². The van der Waals surface area contributed by atoms with Crippen molar-refractivity contribution in [1.82, 2.24) is 4.98 Å². The van der Waals surface area contributed by atoms with Crippen molar-refractivity contribution < 1.29 is 4.79 Å². The van der Waals surface area contributed by atoms with Gasteiger partial charge < -0.3 is 5.32 Å². The highest BCUT2D eigenvalue weighted by Gasteiger charge is 2.05. The van der Waals surface area contributed by atoms with Crippen LogP contribution >= 0.6 is 15.9 Å². The van der Waals surface area contributed by atoms with Crippen molar-refractivity contribution in [3.8, 4) is 0 Å². The molecule has 0 atom stereocenters. The topological polar surface area (TPSA) is 42.0 Å².